The zero-order valence-electron chi connectivity index (χ0n) is 24.0. The Kier molecular flexibility index (Phi) is 9.14. The van der Waals surface area contributed by atoms with E-state index >= 15 is 0 Å². The Labute approximate surface area is 258 Å². The molecule has 8 nitrogen and oxygen atoms in total. The molecule has 2 amide bonds. The van der Waals surface area contributed by atoms with Gasteiger partial charge in [0, 0.05) is 18.5 Å². The molecule has 1 heterocycles. The lowest BCUT2D eigenvalue weighted by Gasteiger charge is -2.38. The van der Waals surface area contributed by atoms with Crippen LogP contribution >= 0.6 is 0 Å². The molecule has 0 bridgehead atoms. The van der Waals surface area contributed by atoms with Crippen LogP contribution in [0.1, 0.15) is 33.7 Å². The fourth-order valence-electron chi connectivity index (χ4n) is 5.36. The second-order valence-corrected chi connectivity index (χ2v) is 12.3. The molecule has 12 heteroatoms. The van der Waals surface area contributed by atoms with Gasteiger partial charge >= 0.3 is 6.36 Å². The third-order valence-electron chi connectivity index (χ3n) is 7.27. The first-order valence-electron chi connectivity index (χ1n) is 13.9. The number of ether oxygens (including phenoxy) is 2. The van der Waals surface area contributed by atoms with E-state index in [1.165, 1.54) is 11.0 Å². The summed E-state index contributed by atoms with van der Waals surface area (Å²) in [6, 6.07) is 27.6. The summed E-state index contributed by atoms with van der Waals surface area (Å²) in [7, 11) is -4.05. The molecule has 1 unspecified atom stereocenters. The minimum Gasteiger partial charge on any atom is -0.485 e. The average Bonchev–Trinajstić information content (AvgIpc) is 3.00. The van der Waals surface area contributed by atoms with Gasteiger partial charge in [0.05, 0.1) is 12.2 Å². The molecule has 1 N–H and O–H groups in total. The SMILES string of the molecule is CS(=O)(=O)NC(=O)C1Cc2c(ccc(OC(F)(F)F)c2OCc2ccccc2)CN1C(=O)C(c1ccccc1)c1ccccc1. The van der Waals surface area contributed by atoms with Gasteiger partial charge in [-0.05, 0) is 28.3 Å². The number of nitrogens with one attached hydrogen (secondary N) is 1. The van der Waals surface area contributed by atoms with Crippen molar-refractivity contribution in [1.82, 2.24) is 9.62 Å². The molecule has 5 rings (SSSR count). The van der Waals surface area contributed by atoms with E-state index in [1.807, 2.05) is 4.72 Å². The van der Waals surface area contributed by atoms with Crippen molar-refractivity contribution < 1.29 is 40.7 Å². The highest BCUT2D eigenvalue weighted by Gasteiger charge is 2.42. The number of hydrogen-bond donors (Lipinski definition) is 1. The van der Waals surface area contributed by atoms with Gasteiger partial charge in [-0.15, -0.1) is 13.2 Å². The van der Waals surface area contributed by atoms with Gasteiger partial charge in [-0.2, -0.15) is 0 Å². The number of hydrogen-bond acceptors (Lipinski definition) is 6. The molecule has 0 spiro atoms. The van der Waals surface area contributed by atoms with Gasteiger partial charge < -0.3 is 14.4 Å². The van der Waals surface area contributed by atoms with Crippen molar-refractivity contribution in [1.29, 1.82) is 0 Å². The molecule has 4 aromatic rings. The van der Waals surface area contributed by atoms with Gasteiger partial charge in [-0.1, -0.05) is 97.1 Å². The van der Waals surface area contributed by atoms with Crippen LogP contribution in [0.15, 0.2) is 103 Å². The van der Waals surface area contributed by atoms with Crippen LogP contribution in [0.2, 0.25) is 0 Å². The summed E-state index contributed by atoms with van der Waals surface area (Å²) >= 11 is 0. The summed E-state index contributed by atoms with van der Waals surface area (Å²) < 4.78 is 76.6. The van der Waals surface area contributed by atoms with Gasteiger partial charge in [0.2, 0.25) is 15.9 Å². The quantitative estimate of drug-likeness (QED) is 0.266. The standard InChI is InChI=1S/C33H29F3N2O6S/c1-45(41,42)37-31(39)27-19-26-25(17-18-28(44-33(34,35)36)30(26)43-21-22-11-5-2-6-12-22)20-38(27)32(40)29(23-13-7-3-8-14-23)24-15-9-4-10-16-24/h2-18,27,29H,19-21H2,1H3,(H,37,39). The maximum Gasteiger partial charge on any atom is 0.573 e. The lowest BCUT2D eigenvalue weighted by molar-refractivity contribution is -0.275. The summed E-state index contributed by atoms with van der Waals surface area (Å²) in [6.07, 6.45) is -4.58. The number of alkyl halides is 3. The van der Waals surface area contributed by atoms with Crippen LogP contribution in [0.3, 0.4) is 0 Å². The maximum atomic E-state index is 14.4. The Morgan fingerprint density at radius 1 is 0.889 bits per heavy atom. The van der Waals surface area contributed by atoms with Crippen molar-refractivity contribution in [2.24, 2.45) is 0 Å². The number of amides is 2. The van der Waals surface area contributed by atoms with Crippen LogP contribution in [-0.2, 0) is 39.2 Å². The maximum absolute atomic E-state index is 14.4. The number of carbonyl (C=O) groups excluding carboxylic acids is 2. The topological polar surface area (TPSA) is 102 Å². The minimum absolute atomic E-state index is 0.113. The Bertz CT molecular complexity index is 1730. The summed E-state index contributed by atoms with van der Waals surface area (Å²) in [4.78, 5) is 29.2. The van der Waals surface area contributed by atoms with Crippen LogP contribution < -0.4 is 14.2 Å². The normalized spacial score (nSPS) is 14.9. The van der Waals surface area contributed by atoms with Gasteiger partial charge in [0.1, 0.15) is 12.6 Å². The molecule has 234 valence electrons. The van der Waals surface area contributed by atoms with E-state index in [9.17, 15) is 31.2 Å². The third-order valence-corrected chi connectivity index (χ3v) is 7.84. The molecular formula is C33H29F3N2O6S. The number of carbonyl (C=O) groups is 2. The Hall–Kier alpha value is -4.84. The number of rotatable bonds is 9. The summed E-state index contributed by atoms with van der Waals surface area (Å²) in [5.41, 5.74) is 2.57. The average molecular weight is 639 g/mol. The lowest BCUT2D eigenvalue weighted by Crippen LogP contribution is -2.54. The first-order valence-corrected chi connectivity index (χ1v) is 15.8. The fourth-order valence-corrected chi connectivity index (χ4v) is 5.86. The van der Waals surface area contributed by atoms with Crippen molar-refractivity contribution in [3.8, 4) is 11.5 Å². The van der Waals surface area contributed by atoms with Crippen molar-refractivity contribution >= 4 is 21.8 Å². The van der Waals surface area contributed by atoms with E-state index in [4.69, 9.17) is 4.74 Å². The molecular weight excluding hydrogens is 609 g/mol. The van der Waals surface area contributed by atoms with Crippen LogP contribution in [0, 0.1) is 0 Å². The fraction of sp³-hybridized carbons (Fsp3) is 0.212. The van der Waals surface area contributed by atoms with Crippen LogP contribution in [-0.4, -0.2) is 43.8 Å². The predicted octanol–water partition coefficient (Wildman–Crippen LogP) is 5.33. The molecule has 0 aromatic heterocycles. The summed E-state index contributed by atoms with van der Waals surface area (Å²) in [5, 5.41) is 0. The molecule has 1 atom stereocenters. The molecule has 0 radical (unpaired) electrons. The first kappa shape index (κ1) is 31.6. The Morgan fingerprint density at radius 3 is 1.98 bits per heavy atom. The van der Waals surface area contributed by atoms with E-state index in [-0.39, 0.29) is 30.9 Å². The number of nitrogens with zero attached hydrogens (tertiary/aromatic N) is 1. The largest absolute Gasteiger partial charge is 0.573 e. The first-order chi connectivity index (χ1) is 21.4. The molecule has 0 saturated heterocycles. The van der Waals surface area contributed by atoms with E-state index < -0.39 is 45.9 Å². The van der Waals surface area contributed by atoms with Crippen molar-refractivity contribution in [2.75, 3.05) is 6.26 Å². The molecule has 0 fully saturated rings. The van der Waals surface area contributed by atoms with Crippen LogP contribution in [0.5, 0.6) is 11.5 Å². The molecule has 1 aliphatic rings. The molecule has 1 aliphatic heterocycles. The third kappa shape index (κ3) is 7.82. The second-order valence-electron chi connectivity index (χ2n) is 10.5. The second kappa shape index (κ2) is 13.0. The Balaban J connectivity index is 1.60. The molecule has 0 saturated carbocycles. The predicted molar refractivity (Wildman–Crippen MR) is 160 cm³/mol. The zero-order valence-corrected chi connectivity index (χ0v) is 24.8. The van der Waals surface area contributed by atoms with E-state index in [1.54, 1.807) is 91.0 Å². The van der Waals surface area contributed by atoms with Crippen LogP contribution in [0.4, 0.5) is 13.2 Å². The van der Waals surface area contributed by atoms with Crippen molar-refractivity contribution in [3.63, 3.8) is 0 Å². The highest BCUT2D eigenvalue weighted by Crippen LogP contribution is 2.42. The van der Waals surface area contributed by atoms with E-state index in [0.717, 1.165) is 12.3 Å². The van der Waals surface area contributed by atoms with Gasteiger partial charge in [0.15, 0.2) is 11.5 Å². The van der Waals surface area contributed by atoms with E-state index in [0.29, 0.717) is 22.3 Å². The van der Waals surface area contributed by atoms with Gasteiger partial charge in [0.25, 0.3) is 5.91 Å². The number of sulfonamides is 1. The van der Waals surface area contributed by atoms with E-state index in [2.05, 4.69) is 4.74 Å². The number of fused-ring (bicyclic) bond motifs is 1. The van der Waals surface area contributed by atoms with Crippen LogP contribution in [0.25, 0.3) is 0 Å². The molecule has 45 heavy (non-hydrogen) atoms. The summed E-state index contributed by atoms with van der Waals surface area (Å²) in [5.74, 6) is -3.23. The smallest absolute Gasteiger partial charge is 0.485 e. The van der Waals surface area contributed by atoms with Gasteiger partial charge in [-0.25, -0.2) is 8.42 Å². The van der Waals surface area contributed by atoms with Crippen molar-refractivity contribution in [3.05, 3.63) is 131 Å². The molecule has 0 aliphatic carbocycles. The monoisotopic (exact) mass is 638 g/mol. The highest BCUT2D eigenvalue weighted by atomic mass is 32.2. The Morgan fingerprint density at radius 2 is 1.44 bits per heavy atom. The number of halogens is 3. The minimum atomic E-state index is -5.04. The highest BCUT2D eigenvalue weighted by molar-refractivity contribution is 7.89. The van der Waals surface area contributed by atoms with Gasteiger partial charge in [-0.3, -0.25) is 14.3 Å². The van der Waals surface area contributed by atoms with Crippen molar-refractivity contribution in [2.45, 2.75) is 37.9 Å². The molecule has 4 aromatic carbocycles. The lowest BCUT2D eigenvalue weighted by atomic mass is 9.86. The zero-order chi connectivity index (χ0) is 32.2. The number of benzene rings is 4. The summed E-state index contributed by atoms with van der Waals surface area (Å²) in [6.45, 7) is -0.321.